The molecule has 0 aliphatic heterocycles. The predicted molar refractivity (Wildman–Crippen MR) is 97.3 cm³/mol. The summed E-state index contributed by atoms with van der Waals surface area (Å²) in [5, 5.41) is 15.5. The summed E-state index contributed by atoms with van der Waals surface area (Å²) >= 11 is 0. The molecule has 1 aromatic heterocycles. The molecule has 0 aliphatic carbocycles. The van der Waals surface area contributed by atoms with Gasteiger partial charge in [0.15, 0.2) is 0 Å². The van der Waals surface area contributed by atoms with Crippen LogP contribution in [0.3, 0.4) is 0 Å². The number of amides is 1. The summed E-state index contributed by atoms with van der Waals surface area (Å²) in [5.41, 5.74) is 2.18. The second-order valence-electron chi connectivity index (χ2n) is 5.58. The van der Waals surface area contributed by atoms with Crippen molar-refractivity contribution in [3.05, 3.63) is 82.3 Å². The third kappa shape index (κ3) is 4.07. The van der Waals surface area contributed by atoms with Crippen LogP contribution in [0.4, 0.5) is 10.5 Å². The van der Waals surface area contributed by atoms with Gasteiger partial charge in [-0.05, 0) is 29.8 Å². The van der Waals surface area contributed by atoms with Gasteiger partial charge in [-0.3, -0.25) is 10.1 Å². The molecule has 1 amide bonds. The molecule has 0 fully saturated rings. The van der Waals surface area contributed by atoms with E-state index in [-0.39, 0.29) is 5.43 Å². The second-order valence-corrected chi connectivity index (χ2v) is 5.58. The van der Waals surface area contributed by atoms with Gasteiger partial charge >= 0.3 is 6.09 Å². The number of rotatable bonds is 5. The minimum absolute atomic E-state index is 0.180. The van der Waals surface area contributed by atoms with Gasteiger partial charge in [-0.25, -0.2) is 9.48 Å². The summed E-state index contributed by atoms with van der Waals surface area (Å²) < 4.78 is 6.82. The minimum atomic E-state index is -1.14. The van der Waals surface area contributed by atoms with Crippen molar-refractivity contribution in [1.29, 1.82) is 0 Å². The summed E-state index contributed by atoms with van der Waals surface area (Å²) in [6.45, 7) is 0. The fraction of sp³-hybridized carbons (Fsp3) is 0.105. The van der Waals surface area contributed by atoms with E-state index in [1.807, 2.05) is 30.3 Å². The third-order valence-electron chi connectivity index (χ3n) is 3.75. The predicted octanol–water partition coefficient (Wildman–Crippen LogP) is 2.92. The fourth-order valence-electron chi connectivity index (χ4n) is 2.54. The molecule has 3 aromatic rings. The standard InChI is InChI=1S/C19H17N3O4/c1-26-16-7-3-6-15(12-16)22-9-8-18(23)17(21-22)11-13-4-2-5-14(10-13)20-19(24)25/h2-10,12,20H,11H2,1H3,(H,24,25). The van der Waals surface area contributed by atoms with Gasteiger partial charge in [0.1, 0.15) is 11.4 Å². The highest BCUT2D eigenvalue weighted by molar-refractivity contribution is 5.82. The lowest BCUT2D eigenvalue weighted by molar-refractivity contribution is 0.210. The number of benzene rings is 2. The first-order valence-corrected chi connectivity index (χ1v) is 7.87. The van der Waals surface area contributed by atoms with Crippen LogP contribution in [0.15, 0.2) is 65.6 Å². The highest BCUT2D eigenvalue weighted by Crippen LogP contribution is 2.16. The van der Waals surface area contributed by atoms with Crippen LogP contribution in [0.1, 0.15) is 11.3 Å². The first-order chi connectivity index (χ1) is 12.5. The Bertz CT molecular complexity index is 998. The van der Waals surface area contributed by atoms with Gasteiger partial charge in [-0.2, -0.15) is 5.10 Å². The molecule has 2 aromatic carbocycles. The SMILES string of the molecule is COc1cccc(-n2ccc(=O)c(Cc3cccc(NC(=O)O)c3)n2)c1. The van der Waals surface area contributed by atoms with Gasteiger partial charge in [0.05, 0.1) is 12.8 Å². The number of hydrogen-bond donors (Lipinski definition) is 2. The highest BCUT2D eigenvalue weighted by atomic mass is 16.5. The summed E-state index contributed by atoms with van der Waals surface area (Å²) in [7, 11) is 1.58. The van der Waals surface area contributed by atoms with E-state index >= 15 is 0 Å². The van der Waals surface area contributed by atoms with Crippen molar-refractivity contribution in [3.63, 3.8) is 0 Å². The number of aromatic nitrogens is 2. The fourth-order valence-corrected chi connectivity index (χ4v) is 2.54. The van der Waals surface area contributed by atoms with E-state index in [1.54, 1.807) is 36.2 Å². The Morgan fingerprint density at radius 3 is 2.77 bits per heavy atom. The average molecular weight is 351 g/mol. The van der Waals surface area contributed by atoms with Crippen molar-refractivity contribution in [2.24, 2.45) is 0 Å². The Morgan fingerprint density at radius 1 is 1.19 bits per heavy atom. The van der Waals surface area contributed by atoms with E-state index in [2.05, 4.69) is 10.4 Å². The molecule has 0 bridgehead atoms. The van der Waals surface area contributed by atoms with E-state index in [4.69, 9.17) is 9.84 Å². The molecule has 132 valence electrons. The Kier molecular flexibility index (Phi) is 4.98. The van der Waals surface area contributed by atoms with Gasteiger partial charge in [0.25, 0.3) is 0 Å². The van der Waals surface area contributed by atoms with E-state index < -0.39 is 6.09 Å². The Balaban J connectivity index is 1.91. The van der Waals surface area contributed by atoms with Gasteiger partial charge in [-0.15, -0.1) is 0 Å². The molecule has 2 N–H and O–H groups in total. The van der Waals surface area contributed by atoms with Crippen LogP contribution in [0.25, 0.3) is 5.69 Å². The van der Waals surface area contributed by atoms with Gasteiger partial charge in [0.2, 0.25) is 5.43 Å². The number of carbonyl (C=O) groups is 1. The van der Waals surface area contributed by atoms with Crippen LogP contribution in [0.5, 0.6) is 5.75 Å². The normalized spacial score (nSPS) is 10.3. The summed E-state index contributed by atoms with van der Waals surface area (Å²) in [5.74, 6) is 0.692. The smallest absolute Gasteiger partial charge is 0.409 e. The highest BCUT2D eigenvalue weighted by Gasteiger charge is 2.07. The summed E-state index contributed by atoms with van der Waals surface area (Å²) in [4.78, 5) is 22.9. The molecule has 0 radical (unpaired) electrons. The number of nitrogens with zero attached hydrogens (tertiary/aromatic N) is 2. The molecular weight excluding hydrogens is 334 g/mol. The van der Waals surface area contributed by atoms with Crippen molar-refractivity contribution < 1.29 is 14.6 Å². The first-order valence-electron chi connectivity index (χ1n) is 7.87. The zero-order chi connectivity index (χ0) is 18.5. The number of hydrogen-bond acceptors (Lipinski definition) is 4. The Morgan fingerprint density at radius 2 is 2.00 bits per heavy atom. The zero-order valence-corrected chi connectivity index (χ0v) is 14.0. The Labute approximate surface area is 149 Å². The molecule has 7 heteroatoms. The number of anilines is 1. The van der Waals surface area contributed by atoms with Crippen LogP contribution < -0.4 is 15.5 Å². The topological polar surface area (TPSA) is 93.5 Å². The third-order valence-corrected chi connectivity index (χ3v) is 3.75. The maximum Gasteiger partial charge on any atom is 0.409 e. The molecule has 0 aliphatic rings. The second kappa shape index (κ2) is 7.52. The van der Waals surface area contributed by atoms with Crippen LogP contribution in [0.2, 0.25) is 0 Å². The van der Waals surface area contributed by atoms with Gasteiger partial charge in [-0.1, -0.05) is 18.2 Å². The molecule has 7 nitrogen and oxygen atoms in total. The quantitative estimate of drug-likeness (QED) is 0.737. The molecule has 0 atom stereocenters. The monoisotopic (exact) mass is 351 g/mol. The van der Waals surface area contributed by atoms with Crippen LogP contribution in [-0.4, -0.2) is 28.1 Å². The zero-order valence-electron chi connectivity index (χ0n) is 14.0. The molecule has 0 spiro atoms. The maximum atomic E-state index is 12.2. The van der Waals surface area contributed by atoms with Crippen molar-refractivity contribution in [2.75, 3.05) is 12.4 Å². The van der Waals surface area contributed by atoms with Crippen molar-refractivity contribution >= 4 is 11.8 Å². The van der Waals surface area contributed by atoms with Crippen LogP contribution in [0, 0.1) is 0 Å². The van der Waals surface area contributed by atoms with E-state index in [0.717, 1.165) is 11.3 Å². The molecular formula is C19H17N3O4. The first kappa shape index (κ1) is 17.2. The number of ether oxygens (including phenoxy) is 1. The van der Waals surface area contributed by atoms with Gasteiger partial charge in [0, 0.05) is 30.4 Å². The maximum absolute atomic E-state index is 12.2. The van der Waals surface area contributed by atoms with E-state index in [0.29, 0.717) is 23.6 Å². The molecule has 3 rings (SSSR count). The average Bonchev–Trinajstić information content (AvgIpc) is 2.63. The number of nitrogens with one attached hydrogen (secondary N) is 1. The van der Waals surface area contributed by atoms with Crippen LogP contribution >= 0.6 is 0 Å². The number of methoxy groups -OCH3 is 1. The number of carboxylic acid groups (broad SMARTS) is 1. The lowest BCUT2D eigenvalue weighted by atomic mass is 10.1. The minimum Gasteiger partial charge on any atom is -0.497 e. The van der Waals surface area contributed by atoms with Crippen LogP contribution in [-0.2, 0) is 6.42 Å². The summed E-state index contributed by atoms with van der Waals surface area (Å²) in [6, 6.07) is 15.7. The van der Waals surface area contributed by atoms with Gasteiger partial charge < -0.3 is 9.84 Å². The molecule has 0 unspecified atom stereocenters. The molecule has 0 saturated carbocycles. The lowest BCUT2D eigenvalue weighted by Gasteiger charge is -2.09. The van der Waals surface area contributed by atoms with E-state index in [1.165, 1.54) is 6.07 Å². The Hall–Kier alpha value is -3.61. The van der Waals surface area contributed by atoms with E-state index in [9.17, 15) is 9.59 Å². The largest absolute Gasteiger partial charge is 0.497 e. The molecule has 0 saturated heterocycles. The van der Waals surface area contributed by atoms with Crippen molar-refractivity contribution in [2.45, 2.75) is 6.42 Å². The summed E-state index contributed by atoms with van der Waals surface area (Å²) in [6.07, 6.45) is 0.752. The molecule has 1 heterocycles. The van der Waals surface area contributed by atoms with Crippen molar-refractivity contribution in [3.8, 4) is 11.4 Å². The molecule has 26 heavy (non-hydrogen) atoms. The lowest BCUT2D eigenvalue weighted by Crippen LogP contribution is -2.16. The van der Waals surface area contributed by atoms with Crippen molar-refractivity contribution in [1.82, 2.24) is 9.78 Å².